The van der Waals surface area contributed by atoms with Crippen molar-refractivity contribution >= 4 is 22.5 Å². The van der Waals surface area contributed by atoms with Crippen LogP contribution in [0.15, 0.2) is 18.3 Å². The predicted molar refractivity (Wildman–Crippen MR) is 121 cm³/mol. The minimum atomic E-state index is -4.51. The molecule has 3 aromatic rings. The minimum Gasteiger partial charge on any atom is -0.357 e. The van der Waals surface area contributed by atoms with Gasteiger partial charge in [0.15, 0.2) is 0 Å². The molecule has 0 aromatic carbocycles. The summed E-state index contributed by atoms with van der Waals surface area (Å²) in [5, 5.41) is 4.99. The number of anilines is 2. The van der Waals surface area contributed by atoms with Crippen LogP contribution in [0.3, 0.4) is 0 Å². The van der Waals surface area contributed by atoms with Gasteiger partial charge in [-0.1, -0.05) is 0 Å². The highest BCUT2D eigenvalue weighted by Crippen LogP contribution is 2.43. The van der Waals surface area contributed by atoms with Crippen molar-refractivity contribution in [3.8, 4) is 0 Å². The molecule has 0 radical (unpaired) electrons. The van der Waals surface area contributed by atoms with E-state index in [9.17, 15) is 22.0 Å². The summed E-state index contributed by atoms with van der Waals surface area (Å²) in [6.45, 7) is 5.52. The van der Waals surface area contributed by atoms with Gasteiger partial charge in [0.2, 0.25) is 0 Å². The van der Waals surface area contributed by atoms with Gasteiger partial charge in [0.1, 0.15) is 29.7 Å². The van der Waals surface area contributed by atoms with Gasteiger partial charge in [-0.3, -0.25) is 4.68 Å². The standard InChI is InChI=1S/C23H26F5N7/c1-14-16-11-29-20(9-17(16)35(32-14)12-19(24)25)33-6-3-22(4-7-33)5-8-34(13-22)21-10-18(23(26,27)28)30-15(2)31-21/h9-11,19H,3-8,12-13H2,1-2H3. The second-order valence-corrected chi connectivity index (χ2v) is 9.53. The van der Waals surface area contributed by atoms with Crippen molar-refractivity contribution in [2.45, 2.75) is 52.3 Å². The maximum atomic E-state index is 13.2. The normalized spacial score (nSPS) is 18.4. The van der Waals surface area contributed by atoms with Gasteiger partial charge in [0.25, 0.3) is 6.43 Å². The topological polar surface area (TPSA) is 63.0 Å². The molecule has 0 saturated carbocycles. The van der Waals surface area contributed by atoms with E-state index in [4.69, 9.17) is 0 Å². The van der Waals surface area contributed by atoms with Gasteiger partial charge >= 0.3 is 6.18 Å². The fourth-order valence-corrected chi connectivity index (χ4v) is 5.27. The number of halogens is 5. The van der Waals surface area contributed by atoms with Crippen molar-refractivity contribution < 1.29 is 22.0 Å². The van der Waals surface area contributed by atoms with Crippen molar-refractivity contribution in [2.75, 3.05) is 36.0 Å². The zero-order valence-electron chi connectivity index (χ0n) is 19.5. The molecule has 7 nitrogen and oxygen atoms in total. The lowest BCUT2D eigenvalue weighted by atomic mass is 9.78. The van der Waals surface area contributed by atoms with Crippen LogP contribution in [0.2, 0.25) is 0 Å². The SMILES string of the molecule is Cc1nc(N2CCC3(CCN(c4cc5c(cn4)c(C)nn5CC(F)F)CC3)C2)cc(C(F)(F)F)n1. The summed E-state index contributed by atoms with van der Waals surface area (Å²) in [4.78, 5) is 16.4. The first-order valence-electron chi connectivity index (χ1n) is 11.6. The Labute approximate surface area is 199 Å². The zero-order valence-corrected chi connectivity index (χ0v) is 19.5. The van der Waals surface area contributed by atoms with E-state index >= 15 is 0 Å². The number of nitrogens with zero attached hydrogens (tertiary/aromatic N) is 7. The molecule has 12 heteroatoms. The average Bonchev–Trinajstić information content (AvgIpc) is 3.34. The summed E-state index contributed by atoms with van der Waals surface area (Å²) in [6.07, 6.45) is -2.74. The molecule has 0 N–H and O–H groups in total. The second kappa shape index (κ2) is 8.56. The maximum absolute atomic E-state index is 13.2. The molecule has 0 atom stereocenters. The van der Waals surface area contributed by atoms with Crippen LogP contribution in [0.25, 0.3) is 10.9 Å². The van der Waals surface area contributed by atoms with Crippen molar-refractivity contribution in [1.29, 1.82) is 0 Å². The lowest BCUT2D eigenvalue weighted by Crippen LogP contribution is -2.42. The van der Waals surface area contributed by atoms with Gasteiger partial charge in [-0.2, -0.15) is 18.3 Å². The number of hydrogen-bond donors (Lipinski definition) is 0. The fourth-order valence-electron chi connectivity index (χ4n) is 5.27. The summed E-state index contributed by atoms with van der Waals surface area (Å²) in [7, 11) is 0. The van der Waals surface area contributed by atoms with Gasteiger partial charge in [-0.15, -0.1) is 0 Å². The van der Waals surface area contributed by atoms with E-state index in [1.165, 1.54) is 11.6 Å². The summed E-state index contributed by atoms with van der Waals surface area (Å²) in [6, 6.07) is 2.85. The summed E-state index contributed by atoms with van der Waals surface area (Å²) >= 11 is 0. The van der Waals surface area contributed by atoms with Gasteiger partial charge in [-0.05, 0) is 38.5 Å². The van der Waals surface area contributed by atoms with Crippen molar-refractivity contribution in [3.63, 3.8) is 0 Å². The second-order valence-electron chi connectivity index (χ2n) is 9.53. The molecule has 2 saturated heterocycles. The highest BCUT2D eigenvalue weighted by Gasteiger charge is 2.42. The summed E-state index contributed by atoms with van der Waals surface area (Å²) < 4.78 is 66.9. The third-order valence-corrected chi connectivity index (χ3v) is 7.14. The maximum Gasteiger partial charge on any atom is 0.433 e. The number of piperidine rings is 1. The quantitative estimate of drug-likeness (QED) is 0.493. The Kier molecular flexibility index (Phi) is 5.79. The van der Waals surface area contributed by atoms with E-state index in [0.29, 0.717) is 30.1 Å². The Morgan fingerprint density at radius 2 is 1.66 bits per heavy atom. The van der Waals surface area contributed by atoms with E-state index in [1.807, 2.05) is 11.0 Å². The van der Waals surface area contributed by atoms with Crippen LogP contribution in [0.1, 0.15) is 36.5 Å². The number of rotatable bonds is 4. The average molecular weight is 496 g/mol. The highest BCUT2D eigenvalue weighted by molar-refractivity contribution is 5.83. The molecular weight excluding hydrogens is 469 g/mol. The van der Waals surface area contributed by atoms with Crippen LogP contribution >= 0.6 is 0 Å². The molecule has 2 aliphatic rings. The molecule has 5 heterocycles. The molecular formula is C23H26F5N7. The van der Waals surface area contributed by atoms with E-state index in [-0.39, 0.29) is 11.2 Å². The van der Waals surface area contributed by atoms with Crippen molar-refractivity contribution in [2.24, 2.45) is 5.41 Å². The van der Waals surface area contributed by atoms with Gasteiger partial charge in [0.05, 0.1) is 11.2 Å². The molecule has 0 unspecified atom stereocenters. The lowest BCUT2D eigenvalue weighted by Gasteiger charge is -2.40. The molecule has 5 rings (SSSR count). The third-order valence-electron chi connectivity index (χ3n) is 7.14. The molecule has 3 aromatic heterocycles. The Balaban J connectivity index is 1.30. The summed E-state index contributed by atoms with van der Waals surface area (Å²) in [5.41, 5.74) is 0.376. The smallest absolute Gasteiger partial charge is 0.357 e. The molecule has 35 heavy (non-hydrogen) atoms. The van der Waals surface area contributed by atoms with Crippen molar-refractivity contribution in [1.82, 2.24) is 24.7 Å². The fraction of sp³-hybridized carbons (Fsp3) is 0.565. The molecule has 1 spiro atoms. The Bertz CT molecular complexity index is 1230. The van der Waals surface area contributed by atoms with Crippen LogP contribution in [-0.2, 0) is 12.7 Å². The van der Waals surface area contributed by atoms with Gasteiger partial charge < -0.3 is 9.80 Å². The van der Waals surface area contributed by atoms with Crippen molar-refractivity contribution in [3.05, 3.63) is 35.5 Å². The van der Waals surface area contributed by atoms with Crippen LogP contribution in [-0.4, -0.2) is 57.3 Å². The summed E-state index contributed by atoms with van der Waals surface area (Å²) in [5.74, 6) is 1.14. The number of aromatic nitrogens is 5. The Morgan fingerprint density at radius 3 is 2.31 bits per heavy atom. The first-order chi connectivity index (χ1) is 16.5. The molecule has 0 amide bonds. The third kappa shape index (κ3) is 4.62. The number of aryl methyl sites for hydroxylation is 2. The van der Waals surface area contributed by atoms with Crippen LogP contribution in [0.4, 0.5) is 33.6 Å². The number of hydrogen-bond acceptors (Lipinski definition) is 6. The minimum absolute atomic E-state index is 0.00805. The first-order valence-corrected chi connectivity index (χ1v) is 11.6. The highest BCUT2D eigenvalue weighted by atomic mass is 19.4. The number of alkyl halides is 5. The van der Waals surface area contributed by atoms with E-state index < -0.39 is 24.8 Å². The monoisotopic (exact) mass is 495 g/mol. The Morgan fingerprint density at radius 1 is 0.971 bits per heavy atom. The van der Waals surface area contributed by atoms with Crippen LogP contribution in [0, 0.1) is 19.3 Å². The first kappa shape index (κ1) is 23.7. The molecule has 2 aliphatic heterocycles. The lowest BCUT2D eigenvalue weighted by molar-refractivity contribution is -0.141. The molecule has 0 aliphatic carbocycles. The predicted octanol–water partition coefficient (Wildman–Crippen LogP) is 4.62. The van der Waals surface area contributed by atoms with E-state index in [2.05, 4.69) is 25.0 Å². The largest absolute Gasteiger partial charge is 0.433 e. The van der Waals surface area contributed by atoms with Crippen LogP contribution in [0.5, 0.6) is 0 Å². The van der Waals surface area contributed by atoms with Gasteiger partial charge in [-0.25, -0.2) is 23.7 Å². The molecule has 0 bridgehead atoms. The van der Waals surface area contributed by atoms with E-state index in [0.717, 1.165) is 49.6 Å². The van der Waals surface area contributed by atoms with Crippen LogP contribution < -0.4 is 9.80 Å². The number of fused-ring (bicyclic) bond motifs is 1. The van der Waals surface area contributed by atoms with E-state index in [1.54, 1.807) is 13.1 Å². The zero-order chi connectivity index (χ0) is 25.0. The molecule has 2 fully saturated rings. The Hall–Kier alpha value is -3.05. The van der Waals surface area contributed by atoms with Gasteiger partial charge in [0, 0.05) is 49.9 Å². The number of pyridine rings is 1. The molecule has 188 valence electrons.